The number of anilines is 3. The molecule has 2 aromatic carbocycles. The van der Waals surface area contributed by atoms with Crippen LogP contribution in [0.15, 0.2) is 53.4 Å². The zero-order valence-corrected chi connectivity index (χ0v) is 22.2. The maximum atomic E-state index is 11.3. The number of fused-ring (bicyclic) bond motifs is 1. The molecule has 3 aromatic rings. The summed E-state index contributed by atoms with van der Waals surface area (Å²) < 4.78 is 24.9. The highest BCUT2D eigenvalue weighted by atomic mass is 32.2. The summed E-state index contributed by atoms with van der Waals surface area (Å²) in [6.45, 7) is 2.38. The fourth-order valence-corrected chi connectivity index (χ4v) is 4.88. The molecule has 36 heavy (non-hydrogen) atoms. The van der Waals surface area contributed by atoms with E-state index in [1.165, 1.54) is 70.3 Å². The zero-order valence-electron chi connectivity index (χ0n) is 21.4. The Morgan fingerprint density at radius 2 is 1.67 bits per heavy atom. The van der Waals surface area contributed by atoms with Gasteiger partial charge in [0.1, 0.15) is 5.82 Å². The van der Waals surface area contributed by atoms with Crippen molar-refractivity contribution in [3.05, 3.63) is 48.5 Å². The third kappa shape index (κ3) is 7.63. The minimum absolute atomic E-state index is 0.166. The number of carbonyl (C=O) groups excluding carboxylic acids is 1. The highest BCUT2D eigenvalue weighted by molar-refractivity contribution is 7.89. The normalized spacial score (nSPS) is 14.0. The summed E-state index contributed by atoms with van der Waals surface area (Å²) in [7, 11) is 1.99. The Balaban J connectivity index is 0.000000214. The van der Waals surface area contributed by atoms with Gasteiger partial charge in [0, 0.05) is 38.6 Å². The lowest BCUT2D eigenvalue weighted by Crippen LogP contribution is -2.19. The van der Waals surface area contributed by atoms with E-state index >= 15 is 0 Å². The number of nitrogens with zero attached hydrogens (tertiary/aromatic N) is 3. The molecular weight excluding hydrogens is 476 g/mol. The van der Waals surface area contributed by atoms with Crippen molar-refractivity contribution in [2.45, 2.75) is 43.9 Å². The van der Waals surface area contributed by atoms with Crippen molar-refractivity contribution in [3.63, 3.8) is 0 Å². The molecule has 1 amide bonds. The van der Waals surface area contributed by atoms with Gasteiger partial charge in [-0.3, -0.25) is 4.79 Å². The van der Waals surface area contributed by atoms with E-state index in [9.17, 15) is 13.2 Å². The van der Waals surface area contributed by atoms with Crippen molar-refractivity contribution >= 4 is 44.3 Å². The Hall–Kier alpha value is -3.24. The van der Waals surface area contributed by atoms with E-state index in [-0.39, 0.29) is 10.8 Å². The minimum Gasteiger partial charge on any atom is -0.362 e. The van der Waals surface area contributed by atoms with Crippen LogP contribution in [0.5, 0.6) is 0 Å². The first-order valence-electron chi connectivity index (χ1n) is 12.2. The Labute approximate surface area is 213 Å². The highest BCUT2D eigenvalue weighted by Gasteiger charge is 2.15. The SMILES string of the molecule is CN(C)c1nc(NCC2CCCCC2)nc2ccccc12.CNS(=O)(=O)c1ccc(NC(C)=O)cc1. The molecular formula is C26H36N6O3S. The van der Waals surface area contributed by atoms with Gasteiger partial charge in [-0.15, -0.1) is 0 Å². The molecule has 0 aliphatic heterocycles. The van der Waals surface area contributed by atoms with Gasteiger partial charge in [0.2, 0.25) is 21.9 Å². The molecule has 1 saturated carbocycles. The number of hydrogen-bond acceptors (Lipinski definition) is 7. The Kier molecular flexibility index (Phi) is 9.60. The molecule has 9 nitrogen and oxygen atoms in total. The number of hydrogen-bond donors (Lipinski definition) is 3. The molecule has 194 valence electrons. The van der Waals surface area contributed by atoms with Gasteiger partial charge in [0.05, 0.1) is 10.4 Å². The maximum absolute atomic E-state index is 11.3. The van der Waals surface area contributed by atoms with Crippen molar-refractivity contribution in [1.29, 1.82) is 0 Å². The monoisotopic (exact) mass is 512 g/mol. The van der Waals surface area contributed by atoms with Crippen LogP contribution in [0.4, 0.5) is 17.5 Å². The van der Waals surface area contributed by atoms with Crippen molar-refractivity contribution in [3.8, 4) is 0 Å². The molecule has 4 rings (SSSR count). The van der Waals surface area contributed by atoms with Gasteiger partial charge in [0.15, 0.2) is 0 Å². The van der Waals surface area contributed by atoms with Gasteiger partial charge in [-0.25, -0.2) is 18.1 Å². The molecule has 1 aliphatic rings. The molecule has 1 fully saturated rings. The lowest BCUT2D eigenvalue weighted by molar-refractivity contribution is -0.114. The standard InChI is InChI=1S/C17H24N4.C9H12N2O3S/c1-21(2)16-14-10-6-7-11-15(14)19-17(20-16)18-12-13-8-4-3-5-9-13;1-7(12)11-8-3-5-9(6-4-8)15(13,14)10-2/h6-7,10-11,13H,3-5,8-9,12H2,1-2H3,(H,18,19,20);3-6,10H,1-2H3,(H,11,12). The van der Waals surface area contributed by atoms with E-state index in [0.717, 1.165) is 35.1 Å². The smallest absolute Gasteiger partial charge is 0.240 e. The van der Waals surface area contributed by atoms with Gasteiger partial charge in [-0.1, -0.05) is 31.4 Å². The van der Waals surface area contributed by atoms with E-state index in [0.29, 0.717) is 5.69 Å². The number of nitrogens with one attached hydrogen (secondary N) is 3. The molecule has 0 spiro atoms. The summed E-state index contributed by atoms with van der Waals surface area (Å²) in [6, 6.07) is 14.1. The summed E-state index contributed by atoms with van der Waals surface area (Å²) in [5.41, 5.74) is 1.57. The zero-order chi connectivity index (χ0) is 26.1. The quantitative estimate of drug-likeness (QED) is 0.433. The van der Waals surface area contributed by atoms with Crippen LogP contribution in [-0.2, 0) is 14.8 Å². The molecule has 10 heteroatoms. The minimum atomic E-state index is -3.41. The predicted octanol–water partition coefficient (Wildman–Crippen LogP) is 4.24. The first kappa shape index (κ1) is 27.3. The largest absolute Gasteiger partial charge is 0.362 e. The Morgan fingerprint density at radius 3 is 2.28 bits per heavy atom. The van der Waals surface area contributed by atoms with Crippen molar-refractivity contribution in [1.82, 2.24) is 14.7 Å². The van der Waals surface area contributed by atoms with Crippen LogP contribution in [-0.4, -0.2) is 52.0 Å². The number of benzene rings is 2. The second-order valence-electron chi connectivity index (χ2n) is 9.08. The number of sulfonamides is 1. The molecule has 0 saturated heterocycles. The summed E-state index contributed by atoms with van der Waals surface area (Å²) in [4.78, 5) is 22.3. The average Bonchev–Trinajstić information content (AvgIpc) is 2.88. The fourth-order valence-electron chi connectivity index (χ4n) is 4.15. The lowest BCUT2D eigenvalue weighted by Gasteiger charge is -2.22. The van der Waals surface area contributed by atoms with Gasteiger partial charge >= 0.3 is 0 Å². The first-order chi connectivity index (χ1) is 17.2. The van der Waals surface area contributed by atoms with E-state index in [1.54, 1.807) is 0 Å². The van der Waals surface area contributed by atoms with Crippen molar-refractivity contribution in [2.75, 3.05) is 43.2 Å². The second-order valence-corrected chi connectivity index (χ2v) is 11.0. The van der Waals surface area contributed by atoms with Crippen LogP contribution in [0.25, 0.3) is 10.9 Å². The first-order valence-corrected chi connectivity index (χ1v) is 13.7. The van der Waals surface area contributed by atoms with Crippen molar-refractivity contribution < 1.29 is 13.2 Å². The molecule has 0 radical (unpaired) electrons. The van der Waals surface area contributed by atoms with E-state index in [4.69, 9.17) is 0 Å². The number of para-hydroxylation sites is 1. The van der Waals surface area contributed by atoms with E-state index < -0.39 is 10.0 Å². The summed E-state index contributed by atoms with van der Waals surface area (Å²) >= 11 is 0. The lowest BCUT2D eigenvalue weighted by atomic mass is 9.89. The van der Waals surface area contributed by atoms with Crippen LogP contribution < -0.4 is 20.3 Å². The summed E-state index contributed by atoms with van der Waals surface area (Å²) in [5, 5.41) is 7.10. The van der Waals surface area contributed by atoms with Crippen LogP contribution >= 0.6 is 0 Å². The topological polar surface area (TPSA) is 116 Å². The van der Waals surface area contributed by atoms with Crippen molar-refractivity contribution in [2.24, 2.45) is 5.92 Å². The Morgan fingerprint density at radius 1 is 1.00 bits per heavy atom. The van der Waals surface area contributed by atoms with E-state index in [2.05, 4.69) is 42.4 Å². The predicted molar refractivity (Wildman–Crippen MR) is 146 cm³/mol. The molecule has 0 bridgehead atoms. The number of aromatic nitrogens is 2. The maximum Gasteiger partial charge on any atom is 0.240 e. The molecule has 0 unspecified atom stereocenters. The summed E-state index contributed by atoms with van der Waals surface area (Å²) in [6.07, 6.45) is 6.80. The van der Waals surface area contributed by atoms with Crippen LogP contribution in [0, 0.1) is 5.92 Å². The Bertz CT molecular complexity index is 1260. The van der Waals surface area contributed by atoms with E-state index in [1.807, 2.05) is 26.2 Å². The molecule has 1 aliphatic carbocycles. The number of rotatable bonds is 7. The number of amides is 1. The highest BCUT2D eigenvalue weighted by Crippen LogP contribution is 2.26. The van der Waals surface area contributed by atoms with Crippen LogP contribution in [0.2, 0.25) is 0 Å². The van der Waals surface area contributed by atoms with Gasteiger partial charge in [0.25, 0.3) is 0 Å². The van der Waals surface area contributed by atoms with Gasteiger partial charge in [-0.05, 0) is 62.2 Å². The fraction of sp³-hybridized carbons (Fsp3) is 0.423. The molecule has 0 atom stereocenters. The average molecular weight is 513 g/mol. The molecule has 1 aromatic heterocycles. The second kappa shape index (κ2) is 12.6. The third-order valence-electron chi connectivity index (χ3n) is 6.03. The molecule has 1 heterocycles. The van der Waals surface area contributed by atoms with Gasteiger partial charge in [-0.2, -0.15) is 4.98 Å². The summed E-state index contributed by atoms with van der Waals surface area (Å²) in [5.74, 6) is 2.31. The third-order valence-corrected chi connectivity index (χ3v) is 7.46. The van der Waals surface area contributed by atoms with Gasteiger partial charge < -0.3 is 15.5 Å². The molecule has 3 N–H and O–H groups in total. The number of carbonyl (C=O) groups is 1. The van der Waals surface area contributed by atoms with Crippen LogP contribution in [0.1, 0.15) is 39.0 Å². The van der Waals surface area contributed by atoms with Crippen LogP contribution in [0.3, 0.4) is 0 Å².